The Labute approximate surface area is 198 Å². The Hall–Kier alpha value is -3.32. The highest BCUT2D eigenvalue weighted by Crippen LogP contribution is 2.17. The molecule has 7 nitrogen and oxygen atoms in total. The highest BCUT2D eigenvalue weighted by atomic mass is 35.5. The SMILES string of the molecule is O=C1/C=C\[C@H](Cc2ccccc2Cl)NC(=O)[C@@H](NC(=O)OCc2ccccc2)CCCCN1. The van der Waals surface area contributed by atoms with Crippen molar-refractivity contribution in [3.05, 3.63) is 82.9 Å². The van der Waals surface area contributed by atoms with Crippen molar-refractivity contribution in [1.29, 1.82) is 0 Å². The molecule has 33 heavy (non-hydrogen) atoms. The van der Waals surface area contributed by atoms with Crippen LogP contribution in [0.3, 0.4) is 0 Å². The zero-order chi connectivity index (χ0) is 23.5. The first-order chi connectivity index (χ1) is 16.0. The molecule has 1 aliphatic heterocycles. The Morgan fingerprint density at radius 1 is 1.06 bits per heavy atom. The molecule has 3 rings (SSSR count). The van der Waals surface area contributed by atoms with Gasteiger partial charge in [0.15, 0.2) is 0 Å². The van der Waals surface area contributed by atoms with Crippen molar-refractivity contribution >= 4 is 29.5 Å². The molecule has 0 saturated carbocycles. The lowest BCUT2D eigenvalue weighted by Crippen LogP contribution is -2.50. The Morgan fingerprint density at radius 2 is 1.82 bits per heavy atom. The van der Waals surface area contributed by atoms with Crippen molar-refractivity contribution in [1.82, 2.24) is 16.0 Å². The molecule has 1 heterocycles. The minimum absolute atomic E-state index is 0.116. The highest BCUT2D eigenvalue weighted by molar-refractivity contribution is 6.31. The maximum atomic E-state index is 13.1. The molecule has 0 saturated heterocycles. The number of benzene rings is 2. The molecule has 2 aromatic rings. The fourth-order valence-corrected chi connectivity index (χ4v) is 3.69. The van der Waals surface area contributed by atoms with Crippen molar-refractivity contribution in [2.45, 2.75) is 44.4 Å². The lowest BCUT2D eigenvalue weighted by atomic mass is 10.0. The molecule has 0 aliphatic carbocycles. The molecule has 0 aromatic heterocycles. The van der Waals surface area contributed by atoms with Crippen LogP contribution in [-0.4, -0.2) is 36.5 Å². The molecule has 0 radical (unpaired) electrons. The largest absolute Gasteiger partial charge is 0.445 e. The van der Waals surface area contributed by atoms with E-state index in [2.05, 4.69) is 16.0 Å². The van der Waals surface area contributed by atoms with Gasteiger partial charge in [0.25, 0.3) is 0 Å². The summed E-state index contributed by atoms with van der Waals surface area (Å²) in [5.74, 6) is -0.553. The molecule has 2 atom stereocenters. The topological polar surface area (TPSA) is 96.5 Å². The van der Waals surface area contributed by atoms with Crippen LogP contribution in [0, 0.1) is 0 Å². The zero-order valence-electron chi connectivity index (χ0n) is 18.3. The van der Waals surface area contributed by atoms with Gasteiger partial charge in [-0.15, -0.1) is 0 Å². The first kappa shape index (κ1) is 24.3. The molecule has 0 fully saturated rings. The highest BCUT2D eigenvalue weighted by Gasteiger charge is 2.24. The second-order valence-electron chi connectivity index (χ2n) is 7.82. The quantitative estimate of drug-likeness (QED) is 0.624. The number of carbonyl (C=O) groups excluding carboxylic acids is 3. The molecule has 0 bridgehead atoms. The second kappa shape index (κ2) is 12.6. The van der Waals surface area contributed by atoms with E-state index in [4.69, 9.17) is 16.3 Å². The smallest absolute Gasteiger partial charge is 0.408 e. The first-order valence-corrected chi connectivity index (χ1v) is 11.4. The summed E-state index contributed by atoms with van der Waals surface area (Å²) in [6.45, 7) is 0.607. The molecule has 3 N–H and O–H groups in total. The number of nitrogens with one attached hydrogen (secondary N) is 3. The summed E-state index contributed by atoms with van der Waals surface area (Å²) < 4.78 is 5.29. The summed E-state index contributed by atoms with van der Waals surface area (Å²) in [6.07, 6.45) is 4.56. The average molecular weight is 470 g/mol. The molecular weight excluding hydrogens is 442 g/mol. The van der Waals surface area contributed by atoms with E-state index in [1.807, 2.05) is 48.5 Å². The van der Waals surface area contributed by atoms with Crippen LogP contribution in [0.15, 0.2) is 66.7 Å². The molecule has 174 valence electrons. The van der Waals surface area contributed by atoms with Crippen molar-refractivity contribution < 1.29 is 19.1 Å². The molecule has 0 spiro atoms. The van der Waals surface area contributed by atoms with Gasteiger partial charge in [-0.2, -0.15) is 0 Å². The minimum atomic E-state index is -0.759. The van der Waals surface area contributed by atoms with Gasteiger partial charge in [0.05, 0.1) is 6.04 Å². The van der Waals surface area contributed by atoms with Gasteiger partial charge < -0.3 is 20.7 Å². The molecule has 0 unspecified atom stereocenters. The molecule has 8 heteroatoms. The van der Waals surface area contributed by atoms with Crippen LogP contribution in [0.25, 0.3) is 0 Å². The Balaban J connectivity index is 1.68. The number of amides is 3. The van der Waals surface area contributed by atoms with E-state index >= 15 is 0 Å². The Kier molecular flexibility index (Phi) is 9.32. The molecule has 2 aromatic carbocycles. The normalized spacial score (nSPS) is 20.4. The number of hydrogen-bond donors (Lipinski definition) is 3. The standard InChI is InChI=1S/C25H28ClN3O4/c26-21-11-5-4-10-19(21)16-20-13-14-23(30)27-15-7-6-12-22(24(31)28-20)29-25(32)33-17-18-8-2-1-3-9-18/h1-5,8-11,13-14,20,22H,6-7,12,15-17H2,(H,27,30)(H,28,31)(H,29,32)/b14-13-/t20-,22+/m1/s1. The van der Waals surface area contributed by atoms with Crippen LogP contribution in [0.4, 0.5) is 4.79 Å². The first-order valence-electron chi connectivity index (χ1n) is 11.0. The van der Waals surface area contributed by atoms with Gasteiger partial charge in [0.1, 0.15) is 12.6 Å². The maximum absolute atomic E-state index is 13.1. The molecule has 3 amide bonds. The average Bonchev–Trinajstić information content (AvgIpc) is 2.81. The third-order valence-corrected chi connectivity index (χ3v) is 5.61. The van der Waals surface area contributed by atoms with Crippen LogP contribution in [0.2, 0.25) is 5.02 Å². The molecule has 1 aliphatic rings. The van der Waals surface area contributed by atoms with Crippen LogP contribution in [0.5, 0.6) is 0 Å². The fraction of sp³-hybridized carbons (Fsp3) is 0.320. The fourth-order valence-electron chi connectivity index (χ4n) is 3.47. The number of halogens is 1. The Bertz CT molecular complexity index is 981. The van der Waals surface area contributed by atoms with E-state index in [0.29, 0.717) is 37.3 Å². The van der Waals surface area contributed by atoms with Crippen LogP contribution in [-0.2, 0) is 27.4 Å². The summed E-state index contributed by atoms with van der Waals surface area (Å²) in [6, 6.07) is 15.4. The lowest BCUT2D eigenvalue weighted by Gasteiger charge is -2.23. The number of hydrogen-bond acceptors (Lipinski definition) is 4. The Morgan fingerprint density at radius 3 is 2.61 bits per heavy atom. The predicted octanol–water partition coefficient (Wildman–Crippen LogP) is 3.52. The predicted molar refractivity (Wildman–Crippen MR) is 127 cm³/mol. The summed E-state index contributed by atoms with van der Waals surface area (Å²) >= 11 is 6.28. The van der Waals surface area contributed by atoms with E-state index in [1.165, 1.54) is 6.08 Å². The molecular formula is C25H28ClN3O4. The number of carbonyl (C=O) groups is 3. The van der Waals surface area contributed by atoms with Gasteiger partial charge in [0.2, 0.25) is 11.8 Å². The van der Waals surface area contributed by atoms with Gasteiger partial charge >= 0.3 is 6.09 Å². The van der Waals surface area contributed by atoms with Gasteiger partial charge in [-0.05, 0) is 42.9 Å². The minimum Gasteiger partial charge on any atom is -0.445 e. The lowest BCUT2D eigenvalue weighted by molar-refractivity contribution is -0.124. The second-order valence-corrected chi connectivity index (χ2v) is 8.22. The summed E-state index contributed by atoms with van der Waals surface area (Å²) in [5, 5.41) is 9.01. The third-order valence-electron chi connectivity index (χ3n) is 5.25. The van der Waals surface area contributed by atoms with Crippen molar-refractivity contribution in [2.24, 2.45) is 0 Å². The van der Waals surface area contributed by atoms with Crippen molar-refractivity contribution in [3.63, 3.8) is 0 Å². The summed E-state index contributed by atoms with van der Waals surface area (Å²) in [7, 11) is 0. The van der Waals surface area contributed by atoms with Gasteiger partial charge in [-0.3, -0.25) is 9.59 Å². The van der Waals surface area contributed by atoms with Gasteiger partial charge in [0, 0.05) is 17.6 Å². The number of alkyl carbamates (subject to hydrolysis) is 1. The van der Waals surface area contributed by atoms with E-state index in [-0.39, 0.29) is 18.4 Å². The van der Waals surface area contributed by atoms with Crippen LogP contribution >= 0.6 is 11.6 Å². The van der Waals surface area contributed by atoms with Gasteiger partial charge in [-0.1, -0.05) is 66.2 Å². The van der Waals surface area contributed by atoms with Gasteiger partial charge in [-0.25, -0.2) is 4.79 Å². The van der Waals surface area contributed by atoms with E-state index in [1.54, 1.807) is 12.1 Å². The van der Waals surface area contributed by atoms with Crippen LogP contribution < -0.4 is 16.0 Å². The number of ether oxygens (including phenoxy) is 1. The van der Waals surface area contributed by atoms with E-state index in [9.17, 15) is 14.4 Å². The third kappa shape index (κ3) is 8.27. The van der Waals surface area contributed by atoms with E-state index in [0.717, 1.165) is 11.1 Å². The zero-order valence-corrected chi connectivity index (χ0v) is 19.0. The monoisotopic (exact) mass is 469 g/mol. The summed E-state index contributed by atoms with van der Waals surface area (Å²) in [4.78, 5) is 37.5. The van der Waals surface area contributed by atoms with E-state index < -0.39 is 18.2 Å². The summed E-state index contributed by atoms with van der Waals surface area (Å²) in [5.41, 5.74) is 1.70. The maximum Gasteiger partial charge on any atom is 0.408 e. The van der Waals surface area contributed by atoms with Crippen molar-refractivity contribution in [3.8, 4) is 0 Å². The van der Waals surface area contributed by atoms with Crippen molar-refractivity contribution in [2.75, 3.05) is 6.54 Å². The van der Waals surface area contributed by atoms with Crippen LogP contribution in [0.1, 0.15) is 30.4 Å². The number of rotatable bonds is 5.